The Morgan fingerprint density at radius 2 is 1.67 bits per heavy atom. The number of aromatic nitrogens is 2. The van der Waals surface area contributed by atoms with Gasteiger partial charge in [0.25, 0.3) is 0 Å². The van der Waals surface area contributed by atoms with Crippen molar-refractivity contribution in [2.75, 3.05) is 22.6 Å². The summed E-state index contributed by atoms with van der Waals surface area (Å²) in [5.74, 6) is 1.10. The van der Waals surface area contributed by atoms with Crippen molar-refractivity contribution in [3.05, 3.63) is 66.4 Å². The number of para-hydroxylation sites is 1. The lowest BCUT2D eigenvalue weighted by molar-refractivity contribution is 0.262. The Kier molecular flexibility index (Phi) is 5.90. The van der Waals surface area contributed by atoms with E-state index in [0.717, 1.165) is 5.56 Å². The van der Waals surface area contributed by atoms with Crippen LogP contribution in [0, 0.1) is 0 Å². The standard InChI is InChI=1S/C19H19N5O2S/c1-27(26)12-16-11-17(20)24-18(21-16)13-7-9-15(10-8-13)23-19(25)22-14-5-3-2-4-6-14/h2-11H,12H2,1H3,(H2,20,21,24)(H2,22,23,25). The van der Waals surface area contributed by atoms with Crippen LogP contribution in [0.1, 0.15) is 5.69 Å². The van der Waals surface area contributed by atoms with E-state index in [9.17, 15) is 9.35 Å². The van der Waals surface area contributed by atoms with E-state index in [-0.39, 0.29) is 6.03 Å². The highest BCUT2D eigenvalue weighted by Gasteiger charge is 2.10. The number of rotatable bonds is 5. The number of nitrogens with two attached hydrogens (primary N) is 1. The van der Waals surface area contributed by atoms with Crippen molar-refractivity contribution in [3.63, 3.8) is 0 Å². The third-order valence-electron chi connectivity index (χ3n) is 3.58. The number of hydrogen-bond acceptors (Lipinski definition) is 5. The molecule has 2 aromatic carbocycles. The van der Waals surface area contributed by atoms with Gasteiger partial charge < -0.3 is 20.9 Å². The molecule has 0 saturated carbocycles. The number of urea groups is 1. The number of benzene rings is 2. The summed E-state index contributed by atoms with van der Waals surface area (Å²) < 4.78 is 11.4. The fraction of sp³-hybridized carbons (Fsp3) is 0.105. The van der Waals surface area contributed by atoms with Crippen LogP contribution in [0.25, 0.3) is 11.4 Å². The minimum atomic E-state index is -1.02. The zero-order chi connectivity index (χ0) is 19.2. The maximum atomic E-state index is 12.0. The molecule has 0 spiro atoms. The van der Waals surface area contributed by atoms with E-state index >= 15 is 0 Å². The van der Waals surface area contributed by atoms with Crippen LogP contribution in [0.15, 0.2) is 60.7 Å². The molecule has 1 heterocycles. The SMILES string of the molecule is C[S+]([O-])Cc1cc(N)nc(-c2ccc(NC(=O)Nc3ccccc3)cc2)n1. The third-order valence-corrected chi connectivity index (χ3v) is 4.29. The van der Waals surface area contributed by atoms with Crippen molar-refractivity contribution in [1.82, 2.24) is 9.97 Å². The first-order chi connectivity index (χ1) is 13.0. The van der Waals surface area contributed by atoms with Crippen LogP contribution in [0.5, 0.6) is 0 Å². The topological polar surface area (TPSA) is 116 Å². The second kappa shape index (κ2) is 8.52. The number of nitrogens with one attached hydrogen (secondary N) is 2. The normalized spacial score (nSPS) is 11.6. The van der Waals surface area contributed by atoms with Crippen LogP contribution < -0.4 is 16.4 Å². The largest absolute Gasteiger partial charge is 0.616 e. The van der Waals surface area contributed by atoms with Crippen molar-refractivity contribution in [1.29, 1.82) is 0 Å². The molecule has 0 bridgehead atoms. The number of amides is 2. The van der Waals surface area contributed by atoms with Crippen LogP contribution in [-0.4, -0.2) is 26.8 Å². The molecule has 0 aliphatic rings. The second-order valence-corrected chi connectivity index (χ2v) is 7.28. The van der Waals surface area contributed by atoms with Gasteiger partial charge in [-0.15, -0.1) is 0 Å². The first-order valence-electron chi connectivity index (χ1n) is 8.16. The Morgan fingerprint density at radius 1 is 1.04 bits per heavy atom. The summed E-state index contributed by atoms with van der Waals surface area (Å²) in [5, 5.41) is 5.51. The highest BCUT2D eigenvalue weighted by Crippen LogP contribution is 2.20. The highest BCUT2D eigenvalue weighted by atomic mass is 32.2. The first-order valence-corrected chi connectivity index (χ1v) is 9.89. The number of hydrogen-bond donors (Lipinski definition) is 3. The van der Waals surface area contributed by atoms with Gasteiger partial charge in [-0.3, -0.25) is 0 Å². The molecule has 1 unspecified atom stereocenters. The third kappa shape index (κ3) is 5.44. The number of carbonyl (C=O) groups excluding carboxylic acids is 1. The zero-order valence-electron chi connectivity index (χ0n) is 14.7. The molecule has 0 saturated heterocycles. The zero-order valence-corrected chi connectivity index (χ0v) is 15.5. The van der Waals surface area contributed by atoms with E-state index in [1.165, 1.54) is 0 Å². The molecule has 138 valence electrons. The molecule has 2 amide bonds. The van der Waals surface area contributed by atoms with Crippen molar-refractivity contribution in [2.24, 2.45) is 0 Å². The van der Waals surface area contributed by atoms with Gasteiger partial charge in [-0.05, 0) is 36.4 Å². The summed E-state index contributed by atoms with van der Waals surface area (Å²) in [6.07, 6.45) is 1.61. The lowest BCUT2D eigenvalue weighted by Gasteiger charge is -2.09. The summed E-state index contributed by atoms with van der Waals surface area (Å²) in [4.78, 5) is 20.7. The summed E-state index contributed by atoms with van der Waals surface area (Å²) >= 11 is -1.02. The average molecular weight is 381 g/mol. The van der Waals surface area contributed by atoms with E-state index < -0.39 is 11.2 Å². The molecule has 27 heavy (non-hydrogen) atoms. The van der Waals surface area contributed by atoms with Gasteiger partial charge >= 0.3 is 6.03 Å². The Morgan fingerprint density at radius 3 is 2.30 bits per heavy atom. The lowest BCUT2D eigenvalue weighted by atomic mass is 10.2. The van der Waals surface area contributed by atoms with Crippen LogP contribution in [0.3, 0.4) is 0 Å². The molecule has 4 N–H and O–H groups in total. The van der Waals surface area contributed by atoms with Crippen LogP contribution in [-0.2, 0) is 16.9 Å². The summed E-state index contributed by atoms with van der Waals surface area (Å²) in [6, 6.07) is 17.6. The van der Waals surface area contributed by atoms with E-state index in [1.807, 2.05) is 18.2 Å². The summed E-state index contributed by atoms with van der Waals surface area (Å²) in [6.45, 7) is 0. The summed E-state index contributed by atoms with van der Waals surface area (Å²) in [7, 11) is 0. The monoisotopic (exact) mass is 381 g/mol. The van der Waals surface area contributed by atoms with Crippen LogP contribution in [0.2, 0.25) is 0 Å². The van der Waals surface area contributed by atoms with Gasteiger partial charge in [0.05, 0.1) is 11.9 Å². The van der Waals surface area contributed by atoms with E-state index in [1.54, 1.807) is 48.7 Å². The van der Waals surface area contributed by atoms with Crippen molar-refractivity contribution < 1.29 is 9.35 Å². The predicted octanol–water partition coefficient (Wildman–Crippen LogP) is 3.25. The first kappa shape index (κ1) is 18.7. The molecule has 1 aromatic heterocycles. The number of nitrogen functional groups attached to an aromatic ring is 1. The molecule has 7 nitrogen and oxygen atoms in total. The Hall–Kier alpha value is -3.10. The van der Waals surface area contributed by atoms with Crippen LogP contribution >= 0.6 is 0 Å². The number of carbonyl (C=O) groups is 1. The molecular weight excluding hydrogens is 362 g/mol. The van der Waals surface area contributed by atoms with Crippen molar-refractivity contribution >= 4 is 34.4 Å². The van der Waals surface area contributed by atoms with Gasteiger partial charge in [0, 0.05) is 23.0 Å². The smallest absolute Gasteiger partial charge is 0.323 e. The number of nitrogens with zero attached hydrogens (tertiary/aromatic N) is 2. The van der Waals surface area contributed by atoms with Crippen molar-refractivity contribution in [3.8, 4) is 11.4 Å². The van der Waals surface area contributed by atoms with Gasteiger partial charge in [0.2, 0.25) is 0 Å². The molecule has 1 atom stereocenters. The second-order valence-electron chi connectivity index (χ2n) is 5.85. The molecule has 3 aromatic rings. The molecule has 0 radical (unpaired) electrons. The van der Waals surface area contributed by atoms with Crippen LogP contribution in [0.4, 0.5) is 22.0 Å². The quantitative estimate of drug-likeness (QED) is 0.587. The van der Waals surface area contributed by atoms with E-state index in [0.29, 0.717) is 34.5 Å². The van der Waals surface area contributed by atoms with Gasteiger partial charge in [-0.2, -0.15) is 0 Å². The lowest BCUT2D eigenvalue weighted by Crippen LogP contribution is -2.19. The molecule has 8 heteroatoms. The Bertz CT molecular complexity index is 917. The minimum Gasteiger partial charge on any atom is -0.616 e. The molecular formula is C19H19N5O2S. The van der Waals surface area contributed by atoms with Gasteiger partial charge in [-0.25, -0.2) is 14.8 Å². The number of anilines is 3. The van der Waals surface area contributed by atoms with E-state index in [2.05, 4.69) is 20.6 Å². The van der Waals surface area contributed by atoms with E-state index in [4.69, 9.17) is 5.73 Å². The van der Waals surface area contributed by atoms with Gasteiger partial charge in [-0.1, -0.05) is 29.4 Å². The molecule has 3 rings (SSSR count). The minimum absolute atomic E-state index is 0.318. The molecule has 0 aliphatic heterocycles. The maximum absolute atomic E-state index is 12.0. The average Bonchev–Trinajstić information content (AvgIpc) is 2.62. The fourth-order valence-corrected chi connectivity index (χ4v) is 3.01. The summed E-state index contributed by atoms with van der Waals surface area (Å²) in [5.41, 5.74) is 8.54. The van der Waals surface area contributed by atoms with Crippen molar-refractivity contribution in [2.45, 2.75) is 5.75 Å². The predicted molar refractivity (Wildman–Crippen MR) is 109 cm³/mol. The maximum Gasteiger partial charge on any atom is 0.323 e. The Labute approximate surface area is 160 Å². The highest BCUT2D eigenvalue weighted by molar-refractivity contribution is 7.89. The van der Waals surface area contributed by atoms with Gasteiger partial charge in [0.1, 0.15) is 11.6 Å². The Balaban J connectivity index is 1.70. The molecule has 0 aliphatic carbocycles. The fourth-order valence-electron chi connectivity index (χ4n) is 2.45. The van der Waals surface area contributed by atoms with Gasteiger partial charge in [0.15, 0.2) is 5.82 Å². The molecule has 0 fully saturated rings.